The highest BCUT2D eigenvalue weighted by Gasteiger charge is 2.17. The summed E-state index contributed by atoms with van der Waals surface area (Å²) >= 11 is 0. The standard InChI is InChI=1S/C22H19N5O2/c1-3-17(29-13-15-7-9-23-10-8-15)4-2-16(1)27-22-20-18(25-14-26-22)5-6-19-21(20)28-12-11-24-19/h1-10,14,24H,11-13H2,(H,25,26,27). The second-order valence-electron chi connectivity index (χ2n) is 6.63. The Labute approximate surface area is 167 Å². The van der Waals surface area contributed by atoms with Crippen molar-refractivity contribution in [3.8, 4) is 11.5 Å². The zero-order valence-electron chi connectivity index (χ0n) is 15.6. The first-order valence-corrected chi connectivity index (χ1v) is 9.40. The van der Waals surface area contributed by atoms with Gasteiger partial charge in [-0.25, -0.2) is 9.97 Å². The Morgan fingerprint density at radius 1 is 1.00 bits per heavy atom. The first-order valence-electron chi connectivity index (χ1n) is 9.40. The van der Waals surface area contributed by atoms with Crippen molar-refractivity contribution in [2.24, 2.45) is 0 Å². The molecule has 1 aliphatic rings. The smallest absolute Gasteiger partial charge is 0.155 e. The summed E-state index contributed by atoms with van der Waals surface area (Å²) in [6.45, 7) is 1.90. The second-order valence-corrected chi connectivity index (χ2v) is 6.63. The van der Waals surface area contributed by atoms with E-state index >= 15 is 0 Å². The van der Waals surface area contributed by atoms with Crippen molar-refractivity contribution in [1.82, 2.24) is 15.0 Å². The molecule has 4 aromatic rings. The molecule has 0 fully saturated rings. The van der Waals surface area contributed by atoms with Gasteiger partial charge in [0.2, 0.25) is 0 Å². The van der Waals surface area contributed by atoms with Crippen molar-refractivity contribution >= 4 is 28.1 Å². The minimum absolute atomic E-state index is 0.502. The average Bonchev–Trinajstić information content (AvgIpc) is 2.79. The zero-order chi connectivity index (χ0) is 19.5. The van der Waals surface area contributed by atoms with Crippen molar-refractivity contribution in [2.75, 3.05) is 23.8 Å². The van der Waals surface area contributed by atoms with E-state index in [0.29, 0.717) is 19.0 Å². The third-order valence-corrected chi connectivity index (χ3v) is 4.69. The van der Waals surface area contributed by atoms with Crippen LogP contribution in [0.5, 0.6) is 11.5 Å². The summed E-state index contributed by atoms with van der Waals surface area (Å²) in [5.41, 5.74) is 3.78. The van der Waals surface area contributed by atoms with Crippen LogP contribution in [0.4, 0.5) is 17.2 Å². The van der Waals surface area contributed by atoms with Crippen molar-refractivity contribution in [3.05, 3.63) is 72.8 Å². The molecule has 0 saturated heterocycles. The lowest BCUT2D eigenvalue weighted by molar-refractivity contribution is 0.306. The highest BCUT2D eigenvalue weighted by molar-refractivity contribution is 5.99. The van der Waals surface area contributed by atoms with Crippen molar-refractivity contribution in [1.29, 1.82) is 0 Å². The van der Waals surface area contributed by atoms with Gasteiger partial charge in [-0.05, 0) is 54.1 Å². The normalized spacial score (nSPS) is 12.6. The number of pyridine rings is 1. The number of rotatable bonds is 5. The molecule has 2 aromatic carbocycles. The molecule has 29 heavy (non-hydrogen) atoms. The van der Waals surface area contributed by atoms with E-state index in [9.17, 15) is 0 Å². The molecule has 0 spiro atoms. The number of ether oxygens (including phenoxy) is 2. The van der Waals surface area contributed by atoms with E-state index in [4.69, 9.17) is 9.47 Å². The predicted molar refractivity (Wildman–Crippen MR) is 112 cm³/mol. The van der Waals surface area contributed by atoms with Crippen LogP contribution in [0.2, 0.25) is 0 Å². The summed E-state index contributed by atoms with van der Waals surface area (Å²) in [4.78, 5) is 12.8. The number of anilines is 3. The Bertz CT molecular complexity index is 1130. The van der Waals surface area contributed by atoms with Crippen LogP contribution >= 0.6 is 0 Å². The fourth-order valence-corrected chi connectivity index (χ4v) is 3.26. The van der Waals surface area contributed by atoms with E-state index in [1.165, 1.54) is 0 Å². The first kappa shape index (κ1) is 17.2. The van der Waals surface area contributed by atoms with Gasteiger partial charge in [0.25, 0.3) is 0 Å². The fraction of sp³-hybridized carbons (Fsp3) is 0.136. The molecule has 0 unspecified atom stereocenters. The number of fused-ring (bicyclic) bond motifs is 3. The highest BCUT2D eigenvalue weighted by Crippen LogP contribution is 2.39. The topological polar surface area (TPSA) is 81.2 Å². The summed E-state index contributed by atoms with van der Waals surface area (Å²) in [6, 6.07) is 15.6. The summed E-state index contributed by atoms with van der Waals surface area (Å²) in [7, 11) is 0. The molecule has 0 bridgehead atoms. The first-order chi connectivity index (χ1) is 14.4. The SMILES string of the molecule is c1cc(COc2ccc(Nc3ncnc4ccc5c(c34)OCCN5)cc2)ccn1. The summed E-state index contributed by atoms with van der Waals surface area (Å²) in [5.74, 6) is 2.29. The number of hydrogen-bond acceptors (Lipinski definition) is 7. The van der Waals surface area contributed by atoms with Gasteiger partial charge < -0.3 is 20.1 Å². The molecule has 2 N–H and O–H groups in total. The molecule has 0 amide bonds. The minimum Gasteiger partial charge on any atom is -0.489 e. The Morgan fingerprint density at radius 3 is 2.72 bits per heavy atom. The van der Waals surface area contributed by atoms with Gasteiger partial charge in [-0.3, -0.25) is 4.98 Å². The third kappa shape index (κ3) is 3.62. The van der Waals surface area contributed by atoms with Gasteiger partial charge in [0.15, 0.2) is 5.75 Å². The molecule has 0 atom stereocenters. The maximum absolute atomic E-state index is 5.90. The molecule has 7 heteroatoms. The number of benzene rings is 2. The number of aromatic nitrogens is 3. The van der Waals surface area contributed by atoms with Gasteiger partial charge in [0.1, 0.15) is 31.1 Å². The largest absolute Gasteiger partial charge is 0.489 e. The van der Waals surface area contributed by atoms with Crippen LogP contribution in [-0.4, -0.2) is 28.1 Å². The maximum atomic E-state index is 5.90. The van der Waals surface area contributed by atoms with Gasteiger partial charge in [0, 0.05) is 24.6 Å². The second kappa shape index (κ2) is 7.63. The van der Waals surface area contributed by atoms with E-state index in [0.717, 1.165) is 45.9 Å². The predicted octanol–water partition coefficient (Wildman–Crippen LogP) is 4.15. The van der Waals surface area contributed by atoms with Gasteiger partial charge in [-0.15, -0.1) is 0 Å². The number of nitrogens with one attached hydrogen (secondary N) is 2. The monoisotopic (exact) mass is 385 g/mol. The minimum atomic E-state index is 0.502. The Hall–Kier alpha value is -3.87. The molecular formula is C22H19N5O2. The van der Waals surface area contributed by atoms with Crippen LogP contribution in [-0.2, 0) is 6.61 Å². The zero-order valence-corrected chi connectivity index (χ0v) is 15.6. The lowest BCUT2D eigenvalue weighted by Crippen LogP contribution is -2.18. The summed E-state index contributed by atoms with van der Waals surface area (Å²) in [6.07, 6.45) is 5.07. The number of hydrogen-bond donors (Lipinski definition) is 2. The van der Waals surface area contributed by atoms with E-state index in [-0.39, 0.29) is 0 Å². The van der Waals surface area contributed by atoms with E-state index in [1.54, 1.807) is 18.7 Å². The molecule has 0 aliphatic carbocycles. The molecule has 144 valence electrons. The Kier molecular flexibility index (Phi) is 4.54. The molecule has 1 aliphatic heterocycles. The summed E-state index contributed by atoms with van der Waals surface area (Å²) in [5, 5.41) is 7.60. The van der Waals surface area contributed by atoms with Gasteiger partial charge in [0.05, 0.1) is 16.6 Å². The van der Waals surface area contributed by atoms with Crippen LogP contribution < -0.4 is 20.1 Å². The van der Waals surface area contributed by atoms with Crippen LogP contribution in [0.15, 0.2) is 67.3 Å². The van der Waals surface area contributed by atoms with Crippen LogP contribution in [0.25, 0.3) is 10.9 Å². The molecule has 2 aromatic heterocycles. The maximum Gasteiger partial charge on any atom is 0.155 e. The molecule has 3 heterocycles. The molecular weight excluding hydrogens is 366 g/mol. The van der Waals surface area contributed by atoms with Gasteiger partial charge in [-0.2, -0.15) is 0 Å². The van der Waals surface area contributed by atoms with Gasteiger partial charge in [-0.1, -0.05) is 0 Å². The van der Waals surface area contributed by atoms with E-state index in [1.807, 2.05) is 48.5 Å². The molecule has 0 saturated carbocycles. The lowest BCUT2D eigenvalue weighted by Gasteiger charge is -2.21. The lowest BCUT2D eigenvalue weighted by atomic mass is 10.1. The van der Waals surface area contributed by atoms with Crippen molar-refractivity contribution < 1.29 is 9.47 Å². The quantitative estimate of drug-likeness (QED) is 0.534. The Balaban J connectivity index is 1.37. The van der Waals surface area contributed by atoms with Crippen molar-refractivity contribution in [3.63, 3.8) is 0 Å². The van der Waals surface area contributed by atoms with Crippen LogP contribution in [0.1, 0.15) is 5.56 Å². The third-order valence-electron chi connectivity index (χ3n) is 4.69. The van der Waals surface area contributed by atoms with Gasteiger partial charge >= 0.3 is 0 Å². The van der Waals surface area contributed by atoms with Crippen LogP contribution in [0.3, 0.4) is 0 Å². The van der Waals surface area contributed by atoms with Crippen LogP contribution in [0, 0.1) is 0 Å². The molecule has 0 radical (unpaired) electrons. The Morgan fingerprint density at radius 2 is 1.86 bits per heavy atom. The number of nitrogens with zero attached hydrogens (tertiary/aromatic N) is 3. The van der Waals surface area contributed by atoms with E-state index in [2.05, 4.69) is 25.6 Å². The van der Waals surface area contributed by atoms with Crippen molar-refractivity contribution in [2.45, 2.75) is 6.61 Å². The van der Waals surface area contributed by atoms with E-state index < -0.39 is 0 Å². The fourth-order valence-electron chi connectivity index (χ4n) is 3.26. The summed E-state index contributed by atoms with van der Waals surface area (Å²) < 4.78 is 11.7. The molecule has 7 nitrogen and oxygen atoms in total. The average molecular weight is 385 g/mol. The molecule has 5 rings (SSSR count). The highest BCUT2D eigenvalue weighted by atomic mass is 16.5.